The van der Waals surface area contributed by atoms with Gasteiger partial charge < -0.3 is 9.73 Å². The van der Waals surface area contributed by atoms with Crippen LogP contribution in [0.25, 0.3) is 0 Å². The van der Waals surface area contributed by atoms with Gasteiger partial charge in [-0.25, -0.2) is 0 Å². The molecule has 0 radical (unpaired) electrons. The lowest BCUT2D eigenvalue weighted by Crippen LogP contribution is -2.32. The molecule has 1 heterocycles. The minimum Gasteiger partial charge on any atom is -0.469 e. The van der Waals surface area contributed by atoms with Crippen LogP contribution in [0.5, 0.6) is 0 Å². The summed E-state index contributed by atoms with van der Waals surface area (Å²) < 4.78 is 5.15. The molecule has 1 N–H and O–H groups in total. The number of amides is 1. The van der Waals surface area contributed by atoms with Crippen LogP contribution in [0.4, 0.5) is 0 Å². The van der Waals surface area contributed by atoms with Crippen LogP contribution in [0.3, 0.4) is 0 Å². The molecule has 1 unspecified atom stereocenters. The average Bonchev–Trinajstić information content (AvgIpc) is 2.67. The fourth-order valence-corrected chi connectivity index (χ4v) is 1.96. The van der Waals surface area contributed by atoms with E-state index in [2.05, 4.69) is 21.2 Å². The maximum Gasteiger partial charge on any atom is 0.220 e. The van der Waals surface area contributed by atoms with Gasteiger partial charge in [0.05, 0.1) is 6.26 Å². The Morgan fingerprint density at radius 2 is 2.47 bits per heavy atom. The molecule has 1 amide bonds. The Hall–Kier alpha value is -0.770. The molecule has 1 rings (SSSR count). The summed E-state index contributed by atoms with van der Waals surface area (Å²) >= 11 is 3.34. The quantitative estimate of drug-likeness (QED) is 0.810. The lowest BCUT2D eigenvalue weighted by atomic mass is 10.2. The molecule has 4 heteroatoms. The van der Waals surface area contributed by atoms with Crippen molar-refractivity contribution in [2.45, 2.75) is 32.2 Å². The van der Waals surface area contributed by atoms with Crippen molar-refractivity contribution in [1.82, 2.24) is 5.32 Å². The normalized spacial score (nSPS) is 12.4. The monoisotopic (exact) mass is 273 g/mol. The molecule has 0 saturated heterocycles. The van der Waals surface area contributed by atoms with Gasteiger partial charge in [0, 0.05) is 24.2 Å². The molecule has 0 saturated carbocycles. The highest BCUT2D eigenvalue weighted by molar-refractivity contribution is 9.09. The van der Waals surface area contributed by atoms with E-state index in [9.17, 15) is 4.79 Å². The van der Waals surface area contributed by atoms with E-state index in [1.54, 1.807) is 6.26 Å². The molecule has 15 heavy (non-hydrogen) atoms. The zero-order valence-corrected chi connectivity index (χ0v) is 10.4. The summed E-state index contributed by atoms with van der Waals surface area (Å²) in [6, 6.07) is 3.95. The second-order valence-corrected chi connectivity index (χ2v) is 4.32. The molecule has 0 aliphatic carbocycles. The molecule has 0 spiro atoms. The summed E-state index contributed by atoms with van der Waals surface area (Å²) in [5.74, 6) is 0.943. The summed E-state index contributed by atoms with van der Waals surface area (Å²) in [6.45, 7) is 2.01. The van der Waals surface area contributed by atoms with Gasteiger partial charge in [-0.15, -0.1) is 0 Å². The third-order valence-corrected chi connectivity index (χ3v) is 2.59. The number of nitrogens with one attached hydrogen (secondary N) is 1. The van der Waals surface area contributed by atoms with Crippen molar-refractivity contribution in [3.8, 4) is 0 Å². The fourth-order valence-electron chi connectivity index (χ4n) is 1.27. The van der Waals surface area contributed by atoms with Gasteiger partial charge in [-0.2, -0.15) is 0 Å². The van der Waals surface area contributed by atoms with E-state index in [1.807, 2.05) is 19.1 Å². The Balaban J connectivity index is 2.19. The van der Waals surface area contributed by atoms with E-state index in [0.29, 0.717) is 12.8 Å². The molecule has 1 atom stereocenters. The van der Waals surface area contributed by atoms with E-state index in [4.69, 9.17) is 4.42 Å². The van der Waals surface area contributed by atoms with Crippen molar-refractivity contribution in [1.29, 1.82) is 0 Å². The van der Waals surface area contributed by atoms with Crippen LogP contribution in [0, 0.1) is 0 Å². The highest BCUT2D eigenvalue weighted by Gasteiger charge is 2.07. The highest BCUT2D eigenvalue weighted by atomic mass is 79.9. The zero-order chi connectivity index (χ0) is 11.1. The van der Waals surface area contributed by atoms with Crippen molar-refractivity contribution in [3.63, 3.8) is 0 Å². The smallest absolute Gasteiger partial charge is 0.220 e. The molecule has 3 nitrogen and oxygen atoms in total. The van der Waals surface area contributed by atoms with E-state index < -0.39 is 0 Å². The van der Waals surface area contributed by atoms with Crippen LogP contribution in [0.1, 0.15) is 25.5 Å². The summed E-state index contributed by atoms with van der Waals surface area (Å²) in [6.07, 6.45) is 3.73. The van der Waals surface area contributed by atoms with Crippen molar-refractivity contribution in [2.24, 2.45) is 0 Å². The number of alkyl halides is 1. The maximum atomic E-state index is 11.5. The number of aryl methyl sites for hydroxylation is 1. The minimum absolute atomic E-state index is 0.0832. The van der Waals surface area contributed by atoms with Crippen LogP contribution in [0.15, 0.2) is 22.8 Å². The fraction of sp³-hybridized carbons (Fsp3) is 0.545. The molecule has 0 aliphatic heterocycles. The topological polar surface area (TPSA) is 42.2 Å². The first-order valence-corrected chi connectivity index (χ1v) is 6.22. The number of furan rings is 1. The van der Waals surface area contributed by atoms with Crippen molar-refractivity contribution < 1.29 is 9.21 Å². The first-order chi connectivity index (χ1) is 7.22. The van der Waals surface area contributed by atoms with Crippen LogP contribution in [-0.2, 0) is 11.2 Å². The number of carbonyl (C=O) groups excluding carboxylic acids is 1. The Bertz CT molecular complexity index is 285. The van der Waals surface area contributed by atoms with Gasteiger partial charge in [-0.1, -0.05) is 15.9 Å². The number of hydrogen-bond acceptors (Lipinski definition) is 2. The van der Waals surface area contributed by atoms with Gasteiger partial charge in [0.25, 0.3) is 0 Å². The summed E-state index contributed by atoms with van der Waals surface area (Å²) in [4.78, 5) is 11.5. The molecular formula is C11H16BrNO2. The lowest BCUT2D eigenvalue weighted by Gasteiger charge is -2.11. The van der Waals surface area contributed by atoms with Crippen LogP contribution in [0.2, 0.25) is 0 Å². The van der Waals surface area contributed by atoms with E-state index >= 15 is 0 Å². The Labute approximate surface area is 98.4 Å². The Kier molecular flexibility index (Phi) is 5.47. The number of hydrogen-bond donors (Lipinski definition) is 1. The lowest BCUT2D eigenvalue weighted by molar-refractivity contribution is -0.121. The SMILES string of the molecule is CC(CCBr)NC(=O)CCc1ccco1. The number of halogens is 1. The van der Waals surface area contributed by atoms with Gasteiger partial charge in [-0.05, 0) is 25.5 Å². The van der Waals surface area contributed by atoms with Gasteiger partial charge in [0.15, 0.2) is 0 Å². The van der Waals surface area contributed by atoms with Gasteiger partial charge >= 0.3 is 0 Å². The third kappa shape index (κ3) is 5.02. The van der Waals surface area contributed by atoms with Crippen LogP contribution < -0.4 is 5.32 Å². The maximum absolute atomic E-state index is 11.5. The highest BCUT2D eigenvalue weighted by Crippen LogP contribution is 2.04. The molecule has 1 aromatic rings. The standard InChI is InChI=1S/C11H16BrNO2/c1-9(6-7-12)13-11(14)5-4-10-3-2-8-15-10/h2-3,8-9H,4-7H2,1H3,(H,13,14). The predicted molar refractivity (Wildman–Crippen MR) is 63.0 cm³/mol. The van der Waals surface area contributed by atoms with Crippen molar-refractivity contribution in [3.05, 3.63) is 24.2 Å². The number of rotatable bonds is 6. The van der Waals surface area contributed by atoms with Gasteiger partial charge in [-0.3, -0.25) is 4.79 Å². The van der Waals surface area contributed by atoms with E-state index in [1.165, 1.54) is 0 Å². The van der Waals surface area contributed by atoms with Gasteiger partial charge in [0.1, 0.15) is 5.76 Å². The first kappa shape index (κ1) is 12.3. The van der Waals surface area contributed by atoms with Gasteiger partial charge in [0.2, 0.25) is 5.91 Å². The number of carbonyl (C=O) groups is 1. The second-order valence-electron chi connectivity index (χ2n) is 3.53. The van der Waals surface area contributed by atoms with Crippen LogP contribution in [-0.4, -0.2) is 17.3 Å². The molecule has 84 valence electrons. The second kappa shape index (κ2) is 6.67. The molecule has 0 aromatic carbocycles. The molecule has 0 bridgehead atoms. The zero-order valence-electron chi connectivity index (χ0n) is 8.83. The first-order valence-electron chi connectivity index (χ1n) is 5.10. The predicted octanol–water partition coefficient (Wildman–Crippen LogP) is 2.50. The summed E-state index contributed by atoms with van der Waals surface area (Å²) in [7, 11) is 0. The average molecular weight is 274 g/mol. The molecule has 0 aliphatic rings. The Morgan fingerprint density at radius 3 is 3.07 bits per heavy atom. The summed E-state index contributed by atoms with van der Waals surface area (Å²) in [5.41, 5.74) is 0. The van der Waals surface area contributed by atoms with E-state index in [-0.39, 0.29) is 11.9 Å². The summed E-state index contributed by atoms with van der Waals surface area (Å²) in [5, 5.41) is 3.84. The third-order valence-electron chi connectivity index (χ3n) is 2.13. The molecule has 0 fully saturated rings. The van der Waals surface area contributed by atoms with E-state index in [0.717, 1.165) is 17.5 Å². The minimum atomic E-state index is 0.0832. The molecule has 1 aromatic heterocycles. The Morgan fingerprint density at radius 1 is 1.67 bits per heavy atom. The van der Waals surface area contributed by atoms with Crippen LogP contribution >= 0.6 is 15.9 Å². The molecular weight excluding hydrogens is 258 g/mol. The van der Waals surface area contributed by atoms with Crippen molar-refractivity contribution >= 4 is 21.8 Å². The van der Waals surface area contributed by atoms with Crippen molar-refractivity contribution in [2.75, 3.05) is 5.33 Å². The largest absolute Gasteiger partial charge is 0.469 e.